The van der Waals surface area contributed by atoms with Gasteiger partial charge in [-0.15, -0.1) is 35.4 Å². The largest absolute Gasteiger partial charge is 0.557 e. The molecule has 0 atom stereocenters. The summed E-state index contributed by atoms with van der Waals surface area (Å²) >= 11 is 0. The van der Waals surface area contributed by atoms with E-state index in [1.165, 1.54) is 52.3 Å². The van der Waals surface area contributed by atoms with Gasteiger partial charge in [-0.3, -0.25) is 4.98 Å². The standard InChI is InChI=1S/C34H31N2O.C13H12N.Ir/c1-21(2)26-17-23(5)18-27(22(3)4)33(26)36-31-14-10-9-13-30(31)35-34(36)29-20-37-32-16-15-25(19-28(29)32)24-11-7-6-8-12-24;1-10-3-6-12(7-4-10)13-8-5-11(2)9-14-13;/h6-19,21-22H,1-5H3;3-6,8-9H,1-2H3;/q2*-1;/i;1D3,2D3;. The Morgan fingerprint density at radius 2 is 1.44 bits per heavy atom. The molecular formula is C47H43IrN3O-2. The van der Waals surface area contributed by atoms with Crippen LogP contribution in [0, 0.1) is 33.0 Å². The number of fused-ring (bicyclic) bond motifs is 2. The zero-order valence-corrected chi connectivity index (χ0v) is 32.2. The fourth-order valence-corrected chi connectivity index (χ4v) is 6.48. The zero-order valence-electron chi connectivity index (χ0n) is 35.8. The number of aromatic nitrogens is 3. The third-order valence-electron chi connectivity index (χ3n) is 9.04. The number of hydrogen-bond donors (Lipinski definition) is 0. The summed E-state index contributed by atoms with van der Waals surface area (Å²) in [6.07, 6.45) is 4.53. The van der Waals surface area contributed by atoms with Gasteiger partial charge in [0.2, 0.25) is 0 Å². The van der Waals surface area contributed by atoms with Crippen molar-refractivity contribution in [2.45, 2.75) is 60.2 Å². The minimum Gasteiger partial charge on any atom is -0.557 e. The van der Waals surface area contributed by atoms with E-state index < -0.39 is 13.7 Å². The summed E-state index contributed by atoms with van der Waals surface area (Å²) in [5.74, 6) is 1.57. The monoisotopic (exact) mass is 864 g/mol. The van der Waals surface area contributed by atoms with E-state index in [4.69, 9.17) is 17.6 Å². The molecule has 0 saturated carbocycles. The van der Waals surface area contributed by atoms with Crippen LogP contribution in [0.3, 0.4) is 0 Å². The van der Waals surface area contributed by atoms with E-state index in [0.29, 0.717) is 23.1 Å². The van der Waals surface area contributed by atoms with Gasteiger partial charge in [-0.25, -0.2) is 0 Å². The number of para-hydroxylation sites is 2. The van der Waals surface area contributed by atoms with E-state index in [2.05, 4.69) is 129 Å². The number of pyridine rings is 1. The summed E-state index contributed by atoms with van der Waals surface area (Å²) < 4.78 is 52.0. The quantitative estimate of drug-likeness (QED) is 0.156. The van der Waals surface area contributed by atoms with Crippen LogP contribution in [0.4, 0.5) is 0 Å². The molecule has 3 heterocycles. The normalized spacial score (nSPS) is 13.4. The van der Waals surface area contributed by atoms with Crippen LogP contribution in [0.1, 0.15) is 75.6 Å². The van der Waals surface area contributed by atoms with Crippen molar-refractivity contribution in [3.8, 4) is 39.5 Å². The van der Waals surface area contributed by atoms with Gasteiger partial charge < -0.3 is 14.0 Å². The van der Waals surface area contributed by atoms with Crippen LogP contribution in [-0.2, 0) is 20.1 Å². The topological polar surface area (TPSA) is 43.9 Å². The number of imidazole rings is 1. The van der Waals surface area contributed by atoms with E-state index in [-0.39, 0.29) is 31.2 Å². The summed E-state index contributed by atoms with van der Waals surface area (Å²) in [7, 11) is 0. The van der Waals surface area contributed by atoms with Gasteiger partial charge in [-0.05, 0) is 71.3 Å². The van der Waals surface area contributed by atoms with Gasteiger partial charge in [0.25, 0.3) is 0 Å². The number of aryl methyl sites for hydroxylation is 3. The molecular weight excluding hydrogens is 815 g/mol. The minimum atomic E-state index is -2.18. The first-order chi connectivity index (χ1) is 27.1. The van der Waals surface area contributed by atoms with E-state index in [9.17, 15) is 0 Å². The summed E-state index contributed by atoms with van der Waals surface area (Å²) in [6.45, 7) is 6.93. The molecule has 0 fully saturated rings. The Bertz CT molecular complexity index is 2580. The van der Waals surface area contributed by atoms with E-state index in [1.807, 2.05) is 12.1 Å². The van der Waals surface area contributed by atoms with Gasteiger partial charge in [0, 0.05) is 52.1 Å². The van der Waals surface area contributed by atoms with Crippen molar-refractivity contribution in [3.05, 3.63) is 162 Å². The SMILES string of the molecule is Cc1cc(C(C)C)c(-n2c(-c3[c-]oc4ccc(-c5ccccc5)cc34)nc3ccccc32)c(C(C)C)c1.[2H]C([2H])([2H])c1c[c-]c(-c2ccc(C([2H])([2H])[2H])cn2)cc1.[Ir]. The van der Waals surface area contributed by atoms with Crippen LogP contribution in [0.5, 0.6) is 0 Å². The Hall–Kier alpha value is -5.09. The second-order valence-electron chi connectivity index (χ2n) is 13.4. The van der Waals surface area contributed by atoms with Crippen LogP contribution >= 0.6 is 0 Å². The van der Waals surface area contributed by atoms with Crippen molar-refractivity contribution in [1.82, 2.24) is 14.5 Å². The summed E-state index contributed by atoms with van der Waals surface area (Å²) in [5.41, 5.74) is 12.8. The first-order valence-electron chi connectivity index (χ1n) is 20.2. The molecule has 4 nitrogen and oxygen atoms in total. The molecule has 0 aliphatic carbocycles. The zero-order chi connectivity index (χ0) is 40.6. The number of furan rings is 1. The van der Waals surface area contributed by atoms with Crippen molar-refractivity contribution in [2.75, 3.05) is 0 Å². The summed E-state index contributed by atoms with van der Waals surface area (Å²) in [4.78, 5) is 9.25. The minimum absolute atomic E-state index is 0. The van der Waals surface area contributed by atoms with Crippen molar-refractivity contribution < 1.29 is 32.7 Å². The molecule has 0 N–H and O–H groups in total. The molecule has 263 valence electrons. The number of nitrogens with zero attached hydrogens (tertiary/aromatic N) is 3. The Balaban J connectivity index is 0.000000230. The fourth-order valence-electron chi connectivity index (χ4n) is 6.48. The van der Waals surface area contributed by atoms with Crippen molar-refractivity contribution in [3.63, 3.8) is 0 Å². The van der Waals surface area contributed by atoms with Crippen LogP contribution in [0.2, 0.25) is 0 Å². The first-order valence-corrected chi connectivity index (χ1v) is 17.2. The maximum atomic E-state index is 7.28. The van der Waals surface area contributed by atoms with Crippen LogP contribution in [-0.4, -0.2) is 14.5 Å². The molecule has 1 radical (unpaired) electrons. The van der Waals surface area contributed by atoms with Crippen LogP contribution in [0.25, 0.3) is 61.5 Å². The third-order valence-corrected chi connectivity index (χ3v) is 9.04. The molecule has 0 spiro atoms. The Kier molecular flexibility index (Phi) is 8.88. The predicted octanol–water partition coefficient (Wildman–Crippen LogP) is 12.6. The van der Waals surface area contributed by atoms with Crippen molar-refractivity contribution in [2.24, 2.45) is 0 Å². The van der Waals surface area contributed by atoms with Crippen molar-refractivity contribution >= 4 is 22.0 Å². The number of benzene rings is 5. The molecule has 0 amide bonds. The molecule has 8 aromatic rings. The Morgan fingerprint density at radius 1 is 0.731 bits per heavy atom. The molecule has 52 heavy (non-hydrogen) atoms. The second-order valence-corrected chi connectivity index (χ2v) is 13.4. The van der Waals surface area contributed by atoms with E-state index in [0.717, 1.165) is 39.0 Å². The maximum absolute atomic E-state index is 7.28. The molecule has 0 aliphatic rings. The Morgan fingerprint density at radius 3 is 2.10 bits per heavy atom. The Labute approximate surface area is 329 Å². The van der Waals surface area contributed by atoms with Gasteiger partial charge >= 0.3 is 0 Å². The van der Waals surface area contributed by atoms with Gasteiger partial charge in [-0.1, -0.05) is 136 Å². The average Bonchev–Trinajstić information content (AvgIpc) is 3.79. The molecule has 0 aliphatic heterocycles. The molecule has 0 unspecified atom stereocenters. The summed E-state index contributed by atoms with van der Waals surface area (Å²) in [5, 5.41) is 1.02. The van der Waals surface area contributed by atoms with E-state index in [1.54, 1.807) is 12.1 Å². The summed E-state index contributed by atoms with van der Waals surface area (Å²) in [6, 6.07) is 40.3. The molecule has 5 aromatic carbocycles. The van der Waals surface area contributed by atoms with Crippen LogP contribution in [0.15, 0.2) is 126 Å². The third kappa shape index (κ3) is 7.44. The van der Waals surface area contributed by atoms with E-state index >= 15 is 0 Å². The smallest absolute Gasteiger partial charge is 0.0774 e. The number of rotatable bonds is 6. The maximum Gasteiger partial charge on any atom is 0.0774 e. The first kappa shape index (κ1) is 29.5. The molecule has 0 bridgehead atoms. The van der Waals surface area contributed by atoms with Gasteiger partial charge in [0.05, 0.1) is 16.9 Å². The van der Waals surface area contributed by atoms with Gasteiger partial charge in [0.1, 0.15) is 0 Å². The predicted molar refractivity (Wildman–Crippen MR) is 211 cm³/mol. The fraction of sp³-hybridized carbons (Fsp3) is 0.191. The number of hydrogen-bond acceptors (Lipinski definition) is 3. The second kappa shape index (κ2) is 15.7. The average molecular weight is 864 g/mol. The van der Waals surface area contributed by atoms with Gasteiger partial charge in [0.15, 0.2) is 0 Å². The molecule has 0 saturated heterocycles. The van der Waals surface area contributed by atoms with Crippen LogP contribution < -0.4 is 0 Å². The van der Waals surface area contributed by atoms with Gasteiger partial charge in [-0.2, -0.15) is 0 Å². The van der Waals surface area contributed by atoms with Crippen molar-refractivity contribution in [1.29, 1.82) is 0 Å². The molecule has 8 rings (SSSR count). The molecule has 5 heteroatoms. The molecule has 3 aromatic heterocycles.